The Labute approximate surface area is 147 Å². The summed E-state index contributed by atoms with van der Waals surface area (Å²) in [6.07, 6.45) is 0.0344. The summed E-state index contributed by atoms with van der Waals surface area (Å²) in [5.41, 5.74) is 0.324. The van der Waals surface area contributed by atoms with Crippen molar-refractivity contribution >= 4 is 44.1 Å². The van der Waals surface area contributed by atoms with Crippen molar-refractivity contribution in [1.82, 2.24) is 0 Å². The summed E-state index contributed by atoms with van der Waals surface area (Å²) in [4.78, 5) is 24.4. The first-order valence-corrected chi connectivity index (χ1v) is 8.49. The van der Waals surface area contributed by atoms with E-state index in [1.807, 2.05) is 0 Å². The maximum Gasteiger partial charge on any atom is 0.308 e. The summed E-state index contributed by atoms with van der Waals surface area (Å²) < 4.78 is 30.6. The van der Waals surface area contributed by atoms with E-state index in [-0.39, 0.29) is 18.0 Å². The number of rotatable bonds is 5. The van der Waals surface area contributed by atoms with Gasteiger partial charge in [-0.1, -0.05) is 6.92 Å². The quantitative estimate of drug-likeness (QED) is 0.493. The van der Waals surface area contributed by atoms with Crippen molar-refractivity contribution in [2.24, 2.45) is 5.92 Å². The lowest BCUT2D eigenvalue weighted by atomic mass is 10.0. The van der Waals surface area contributed by atoms with Crippen molar-refractivity contribution in [3.8, 4) is 5.75 Å². The highest BCUT2D eigenvalue weighted by molar-refractivity contribution is 7.21. The van der Waals surface area contributed by atoms with Gasteiger partial charge in [0.15, 0.2) is 22.9 Å². The number of benzene rings is 1. The predicted octanol–water partition coefficient (Wildman–Crippen LogP) is 4.49. The molecule has 5 nitrogen and oxygen atoms in total. The topological polar surface area (TPSA) is 65.7 Å². The van der Waals surface area contributed by atoms with Gasteiger partial charge in [0.1, 0.15) is 5.76 Å². The van der Waals surface area contributed by atoms with Crippen LogP contribution in [0.15, 0.2) is 16.5 Å². The Balaban J connectivity index is 2.09. The lowest BCUT2D eigenvalue weighted by Crippen LogP contribution is -2.16. The van der Waals surface area contributed by atoms with Gasteiger partial charge in [-0.25, -0.2) is 4.39 Å². The lowest BCUT2D eigenvalue weighted by Gasteiger charge is -2.06. The zero-order valence-electron chi connectivity index (χ0n) is 14.3. The first kappa shape index (κ1) is 17.4. The van der Waals surface area contributed by atoms with Crippen LogP contribution < -0.4 is 4.74 Å². The van der Waals surface area contributed by atoms with Gasteiger partial charge in [-0.15, -0.1) is 11.3 Å². The highest BCUT2D eigenvalue weighted by atomic mass is 32.1. The SMILES string of the molecule is COC(=O)C(C)CC(=O)c1cc2c(cc(OC)c3oc(C)c(F)c32)s1. The van der Waals surface area contributed by atoms with E-state index in [1.54, 1.807) is 19.1 Å². The van der Waals surface area contributed by atoms with Crippen LogP contribution >= 0.6 is 11.3 Å². The molecule has 0 N–H and O–H groups in total. The molecule has 3 aromatic rings. The third-order valence-electron chi connectivity index (χ3n) is 4.12. The van der Waals surface area contributed by atoms with Crippen LogP contribution in [-0.4, -0.2) is 26.0 Å². The Bertz CT molecular complexity index is 985. The van der Waals surface area contributed by atoms with Gasteiger partial charge in [-0.05, 0) is 13.0 Å². The number of ketones is 1. The van der Waals surface area contributed by atoms with Crippen LogP contribution in [-0.2, 0) is 9.53 Å². The number of halogens is 1. The van der Waals surface area contributed by atoms with E-state index >= 15 is 0 Å². The zero-order chi connectivity index (χ0) is 18.3. The fourth-order valence-corrected chi connectivity index (χ4v) is 3.83. The lowest BCUT2D eigenvalue weighted by molar-refractivity contribution is -0.144. The molecule has 2 aromatic heterocycles. The number of esters is 1. The van der Waals surface area contributed by atoms with Crippen molar-refractivity contribution < 1.29 is 27.9 Å². The van der Waals surface area contributed by atoms with Crippen LogP contribution in [0.1, 0.15) is 28.8 Å². The number of hydrogen-bond donors (Lipinski definition) is 0. The number of carbonyl (C=O) groups is 2. The molecule has 0 saturated carbocycles. The number of aryl methyl sites for hydroxylation is 1. The molecule has 7 heteroatoms. The molecule has 2 heterocycles. The molecular weight excluding hydrogens is 347 g/mol. The van der Waals surface area contributed by atoms with E-state index < -0.39 is 17.7 Å². The maximum absolute atomic E-state index is 14.5. The summed E-state index contributed by atoms with van der Waals surface area (Å²) in [6.45, 7) is 3.18. The Morgan fingerprint density at radius 3 is 2.68 bits per heavy atom. The molecule has 0 amide bonds. The second-order valence-corrected chi connectivity index (χ2v) is 6.91. The van der Waals surface area contributed by atoms with E-state index in [9.17, 15) is 14.0 Å². The summed E-state index contributed by atoms with van der Waals surface area (Å²) >= 11 is 1.24. The van der Waals surface area contributed by atoms with Gasteiger partial charge >= 0.3 is 5.97 Å². The third kappa shape index (κ3) is 2.89. The average Bonchev–Trinajstić information content (AvgIpc) is 3.14. The highest BCUT2D eigenvalue weighted by Gasteiger charge is 2.23. The van der Waals surface area contributed by atoms with Crippen molar-refractivity contribution in [3.63, 3.8) is 0 Å². The van der Waals surface area contributed by atoms with Crippen LogP contribution in [0.5, 0.6) is 5.75 Å². The minimum Gasteiger partial charge on any atom is -0.493 e. The Morgan fingerprint density at radius 2 is 2.04 bits per heavy atom. The van der Waals surface area contributed by atoms with Crippen LogP contribution in [0.25, 0.3) is 21.1 Å². The number of Topliss-reactive ketones (excluding diaryl/α,β-unsaturated/α-hetero) is 1. The van der Waals surface area contributed by atoms with Crippen LogP contribution in [0, 0.1) is 18.7 Å². The fourth-order valence-electron chi connectivity index (χ4n) is 2.78. The molecule has 0 aliphatic rings. The van der Waals surface area contributed by atoms with Crippen LogP contribution in [0.3, 0.4) is 0 Å². The van der Waals surface area contributed by atoms with Gasteiger partial charge in [0.25, 0.3) is 0 Å². The summed E-state index contributed by atoms with van der Waals surface area (Å²) in [6, 6.07) is 3.37. The maximum atomic E-state index is 14.5. The molecule has 1 unspecified atom stereocenters. The van der Waals surface area contributed by atoms with Gasteiger partial charge in [-0.3, -0.25) is 9.59 Å². The fraction of sp³-hybridized carbons (Fsp3) is 0.333. The number of methoxy groups -OCH3 is 2. The number of carbonyl (C=O) groups excluding carboxylic acids is 2. The molecule has 0 aliphatic heterocycles. The minimum atomic E-state index is -0.537. The Kier molecular flexibility index (Phi) is 4.51. The molecule has 0 radical (unpaired) electrons. The molecule has 132 valence electrons. The molecule has 0 saturated heterocycles. The second-order valence-electron chi connectivity index (χ2n) is 5.83. The first-order chi connectivity index (χ1) is 11.9. The van der Waals surface area contributed by atoms with E-state index in [1.165, 1.54) is 32.5 Å². The highest BCUT2D eigenvalue weighted by Crippen LogP contribution is 2.41. The zero-order valence-corrected chi connectivity index (χ0v) is 15.1. The van der Waals surface area contributed by atoms with Gasteiger partial charge < -0.3 is 13.9 Å². The van der Waals surface area contributed by atoms with Gasteiger partial charge in [0, 0.05) is 22.6 Å². The van der Waals surface area contributed by atoms with Crippen LogP contribution in [0.2, 0.25) is 0 Å². The summed E-state index contributed by atoms with van der Waals surface area (Å²) in [7, 11) is 2.77. The predicted molar refractivity (Wildman–Crippen MR) is 93.0 cm³/mol. The number of furan rings is 1. The molecule has 3 rings (SSSR count). The third-order valence-corrected chi connectivity index (χ3v) is 5.24. The molecule has 0 fully saturated rings. The summed E-state index contributed by atoms with van der Waals surface area (Å²) in [5.74, 6) is -1.04. The smallest absolute Gasteiger partial charge is 0.308 e. The van der Waals surface area contributed by atoms with Crippen molar-refractivity contribution in [2.45, 2.75) is 20.3 Å². The summed E-state index contributed by atoms with van der Waals surface area (Å²) in [5, 5.41) is 0.910. The Morgan fingerprint density at radius 1 is 1.32 bits per heavy atom. The van der Waals surface area contributed by atoms with Crippen molar-refractivity contribution in [3.05, 3.63) is 28.6 Å². The molecule has 0 aliphatic carbocycles. The van der Waals surface area contributed by atoms with Crippen LogP contribution in [0.4, 0.5) is 4.39 Å². The number of thiophene rings is 1. The van der Waals surface area contributed by atoms with E-state index in [2.05, 4.69) is 4.74 Å². The normalized spacial score (nSPS) is 12.5. The molecule has 25 heavy (non-hydrogen) atoms. The molecular formula is C18H17FO5S. The Hall–Kier alpha value is -2.41. The second kappa shape index (κ2) is 6.48. The van der Waals surface area contributed by atoms with E-state index in [0.29, 0.717) is 27.0 Å². The first-order valence-electron chi connectivity index (χ1n) is 7.67. The average molecular weight is 364 g/mol. The monoisotopic (exact) mass is 364 g/mol. The van der Waals surface area contributed by atoms with Crippen molar-refractivity contribution in [1.29, 1.82) is 0 Å². The molecule has 1 atom stereocenters. The van der Waals surface area contributed by atoms with E-state index in [0.717, 1.165) is 4.70 Å². The number of ether oxygens (including phenoxy) is 2. The molecule has 0 bridgehead atoms. The standard InChI is InChI=1S/C18H17FO5S/c1-8(18(21)23-4)5-11(20)14-6-10-13(25-14)7-12(22-3)17-15(10)16(19)9(2)24-17/h6-8H,5H2,1-4H3. The van der Waals surface area contributed by atoms with Crippen molar-refractivity contribution in [2.75, 3.05) is 14.2 Å². The van der Waals surface area contributed by atoms with E-state index in [4.69, 9.17) is 9.15 Å². The minimum absolute atomic E-state index is 0.0344. The molecule has 1 aromatic carbocycles. The largest absolute Gasteiger partial charge is 0.493 e. The molecule has 0 spiro atoms. The van der Waals surface area contributed by atoms with Gasteiger partial charge in [-0.2, -0.15) is 0 Å². The van der Waals surface area contributed by atoms with Gasteiger partial charge in [0.05, 0.1) is 30.4 Å². The number of fused-ring (bicyclic) bond motifs is 3. The number of hydrogen-bond acceptors (Lipinski definition) is 6. The van der Waals surface area contributed by atoms with Gasteiger partial charge in [0.2, 0.25) is 0 Å².